The van der Waals surface area contributed by atoms with Crippen LogP contribution in [-0.2, 0) is 6.61 Å². The van der Waals surface area contributed by atoms with E-state index in [1.54, 1.807) is 0 Å². The predicted octanol–water partition coefficient (Wildman–Crippen LogP) is 3.64. The summed E-state index contributed by atoms with van der Waals surface area (Å²) in [6.07, 6.45) is 0. The molecule has 1 saturated heterocycles. The Morgan fingerprint density at radius 3 is 2.93 bits per heavy atom. The third-order valence-corrected chi connectivity index (χ3v) is 5.23. The summed E-state index contributed by atoms with van der Waals surface area (Å²) in [5.74, 6) is 3.10. The van der Waals surface area contributed by atoms with Crippen molar-refractivity contribution in [2.45, 2.75) is 12.6 Å². The molecule has 2 aromatic carbocycles. The van der Waals surface area contributed by atoms with Crippen LogP contribution in [0.5, 0.6) is 5.75 Å². The molecule has 1 N–H and O–H groups in total. The Balaban J connectivity index is 1.27. The molecule has 0 spiro atoms. The van der Waals surface area contributed by atoms with Crippen molar-refractivity contribution in [3.8, 4) is 17.4 Å². The second-order valence-corrected chi connectivity index (χ2v) is 7.22. The van der Waals surface area contributed by atoms with E-state index in [0.717, 1.165) is 30.8 Å². The minimum Gasteiger partial charge on any atom is -0.486 e. The molecule has 0 saturated carbocycles. The third-order valence-electron chi connectivity index (χ3n) is 5.23. The Hall–Kier alpha value is -3.16. The number of benzene rings is 2. The van der Waals surface area contributed by atoms with E-state index >= 15 is 0 Å². The first-order valence-corrected chi connectivity index (χ1v) is 9.71. The molecule has 0 bridgehead atoms. The zero-order valence-corrected chi connectivity index (χ0v) is 16.2. The molecule has 1 unspecified atom stereocenters. The van der Waals surface area contributed by atoms with Gasteiger partial charge in [0.15, 0.2) is 11.6 Å². The molecular weight excluding hydrogens is 368 g/mol. The highest BCUT2D eigenvalue weighted by molar-refractivity contribution is 5.83. The van der Waals surface area contributed by atoms with Crippen molar-refractivity contribution in [3.63, 3.8) is 0 Å². The van der Waals surface area contributed by atoms with Gasteiger partial charge in [-0.25, -0.2) is 0 Å². The minimum atomic E-state index is 0.104. The van der Waals surface area contributed by atoms with E-state index in [4.69, 9.17) is 13.7 Å². The zero-order chi connectivity index (χ0) is 19.6. The lowest BCUT2D eigenvalue weighted by molar-refractivity contribution is 0.190. The number of ether oxygens (including phenoxy) is 1. The highest BCUT2D eigenvalue weighted by atomic mass is 16.5. The van der Waals surface area contributed by atoms with Crippen LogP contribution in [0.25, 0.3) is 22.4 Å². The summed E-state index contributed by atoms with van der Waals surface area (Å²) in [4.78, 5) is 6.74. The molecule has 3 heterocycles. The molecule has 2 aromatic heterocycles. The summed E-state index contributed by atoms with van der Waals surface area (Å²) in [5.41, 5.74) is 0. The fourth-order valence-corrected chi connectivity index (χ4v) is 3.55. The molecule has 7 heteroatoms. The summed E-state index contributed by atoms with van der Waals surface area (Å²) in [6.45, 7) is 3.05. The molecule has 1 atom stereocenters. The van der Waals surface area contributed by atoms with Crippen LogP contribution in [0, 0.1) is 0 Å². The molecule has 29 heavy (non-hydrogen) atoms. The number of nitrogens with zero attached hydrogens (tertiary/aromatic N) is 3. The summed E-state index contributed by atoms with van der Waals surface area (Å²) < 4.78 is 17.2. The molecule has 7 nitrogen and oxygen atoms in total. The number of aromatic nitrogens is 2. The maximum atomic E-state index is 5.89. The van der Waals surface area contributed by atoms with Crippen LogP contribution in [0.15, 0.2) is 63.5 Å². The van der Waals surface area contributed by atoms with Gasteiger partial charge in [0.05, 0.1) is 6.04 Å². The van der Waals surface area contributed by atoms with Crippen molar-refractivity contribution in [1.29, 1.82) is 0 Å². The number of likely N-dealkylation sites (N-methyl/N-ethyl adjacent to an activating group) is 1. The van der Waals surface area contributed by atoms with Crippen molar-refractivity contribution in [2.24, 2.45) is 0 Å². The molecule has 148 valence electrons. The normalized spacial score (nSPS) is 17.6. The molecular formula is C22H22N4O3. The zero-order valence-electron chi connectivity index (χ0n) is 16.2. The average molecular weight is 390 g/mol. The van der Waals surface area contributed by atoms with E-state index in [0.29, 0.717) is 29.8 Å². The number of nitrogens with one attached hydrogen (secondary N) is 1. The molecule has 0 amide bonds. The fourth-order valence-electron chi connectivity index (χ4n) is 3.55. The van der Waals surface area contributed by atoms with Gasteiger partial charge in [0, 0.05) is 19.6 Å². The number of hydrogen-bond acceptors (Lipinski definition) is 7. The van der Waals surface area contributed by atoms with Gasteiger partial charge in [-0.1, -0.05) is 35.5 Å². The maximum Gasteiger partial charge on any atom is 0.293 e. The predicted molar refractivity (Wildman–Crippen MR) is 109 cm³/mol. The Morgan fingerprint density at radius 1 is 1.14 bits per heavy atom. The van der Waals surface area contributed by atoms with Gasteiger partial charge >= 0.3 is 0 Å². The van der Waals surface area contributed by atoms with Crippen LogP contribution in [0.4, 0.5) is 0 Å². The maximum absolute atomic E-state index is 5.89. The van der Waals surface area contributed by atoms with Gasteiger partial charge in [-0.2, -0.15) is 4.98 Å². The summed E-state index contributed by atoms with van der Waals surface area (Å²) in [6, 6.07) is 18.0. The second kappa shape index (κ2) is 7.69. The van der Waals surface area contributed by atoms with Crippen LogP contribution in [-0.4, -0.2) is 41.7 Å². The summed E-state index contributed by atoms with van der Waals surface area (Å²) in [7, 11) is 2.07. The largest absolute Gasteiger partial charge is 0.486 e. The van der Waals surface area contributed by atoms with Crippen LogP contribution in [0.1, 0.15) is 17.6 Å². The van der Waals surface area contributed by atoms with Gasteiger partial charge in [0.25, 0.3) is 5.89 Å². The molecule has 4 aromatic rings. The highest BCUT2D eigenvalue weighted by Crippen LogP contribution is 2.26. The van der Waals surface area contributed by atoms with E-state index in [1.165, 1.54) is 5.39 Å². The van der Waals surface area contributed by atoms with Gasteiger partial charge in [-0.3, -0.25) is 4.90 Å². The number of hydrogen-bond donors (Lipinski definition) is 1. The Kier molecular flexibility index (Phi) is 4.75. The number of furan rings is 1. The second-order valence-electron chi connectivity index (χ2n) is 7.22. The fraction of sp³-hybridized carbons (Fsp3) is 0.273. The van der Waals surface area contributed by atoms with Crippen molar-refractivity contribution in [2.75, 3.05) is 26.7 Å². The number of fused-ring (bicyclic) bond motifs is 1. The Morgan fingerprint density at radius 2 is 2.03 bits per heavy atom. The van der Waals surface area contributed by atoms with E-state index in [-0.39, 0.29) is 6.04 Å². The van der Waals surface area contributed by atoms with Crippen molar-refractivity contribution in [1.82, 2.24) is 20.4 Å². The molecule has 0 aliphatic carbocycles. The molecule has 0 radical (unpaired) electrons. The molecule has 5 rings (SSSR count). The van der Waals surface area contributed by atoms with Gasteiger partial charge < -0.3 is 19.0 Å². The van der Waals surface area contributed by atoms with Crippen molar-refractivity contribution >= 4 is 10.8 Å². The van der Waals surface area contributed by atoms with Gasteiger partial charge in [-0.05, 0) is 42.1 Å². The Bertz CT molecular complexity index is 1120. The van der Waals surface area contributed by atoms with E-state index in [2.05, 4.69) is 45.6 Å². The van der Waals surface area contributed by atoms with Crippen LogP contribution in [0.3, 0.4) is 0 Å². The van der Waals surface area contributed by atoms with Crippen LogP contribution < -0.4 is 10.1 Å². The topological polar surface area (TPSA) is 76.6 Å². The quantitative estimate of drug-likeness (QED) is 0.557. The van der Waals surface area contributed by atoms with Crippen molar-refractivity contribution in [3.05, 3.63) is 66.2 Å². The average Bonchev–Trinajstić information content (AvgIpc) is 3.42. The first-order valence-electron chi connectivity index (χ1n) is 9.71. The van der Waals surface area contributed by atoms with Gasteiger partial charge in [0.1, 0.15) is 18.1 Å². The first-order chi connectivity index (χ1) is 14.3. The van der Waals surface area contributed by atoms with Crippen LogP contribution >= 0.6 is 0 Å². The summed E-state index contributed by atoms with van der Waals surface area (Å²) >= 11 is 0. The lowest BCUT2D eigenvalue weighted by Crippen LogP contribution is -2.44. The van der Waals surface area contributed by atoms with Crippen LogP contribution in [0.2, 0.25) is 0 Å². The number of rotatable bonds is 5. The van der Waals surface area contributed by atoms with Crippen molar-refractivity contribution < 1.29 is 13.7 Å². The first kappa shape index (κ1) is 17.9. The van der Waals surface area contributed by atoms with E-state index in [9.17, 15) is 0 Å². The molecule has 1 aliphatic heterocycles. The van der Waals surface area contributed by atoms with Gasteiger partial charge in [0.2, 0.25) is 0 Å². The van der Waals surface area contributed by atoms with E-state index < -0.39 is 0 Å². The van der Waals surface area contributed by atoms with Gasteiger partial charge in [-0.15, -0.1) is 0 Å². The standard InChI is InChI=1S/C22H22N4O3/c1-26-11-10-23-13-19(26)21-24-22(29-25-21)20-9-8-18(28-20)14-27-17-7-6-15-4-2-3-5-16(15)12-17/h2-9,12,19,23H,10-11,13-14H2,1H3. The third kappa shape index (κ3) is 3.74. The molecule has 1 aliphatic rings. The minimum absolute atomic E-state index is 0.104. The summed E-state index contributed by atoms with van der Waals surface area (Å²) in [5, 5.41) is 9.83. The smallest absolute Gasteiger partial charge is 0.293 e. The lowest BCUT2D eigenvalue weighted by Gasteiger charge is -2.30. The highest BCUT2D eigenvalue weighted by Gasteiger charge is 2.26. The monoisotopic (exact) mass is 390 g/mol. The number of piperazine rings is 1. The lowest BCUT2D eigenvalue weighted by atomic mass is 10.1. The SMILES string of the molecule is CN1CCNCC1c1noc(-c2ccc(COc3ccc4ccccc4c3)o2)n1. The van der Waals surface area contributed by atoms with E-state index in [1.807, 2.05) is 36.4 Å². The molecule has 1 fully saturated rings. The Labute approximate surface area is 168 Å².